The fraction of sp³-hybridized carbons (Fsp3) is 0.476. The Morgan fingerprint density at radius 2 is 1.50 bits per heavy atom. The lowest BCUT2D eigenvalue weighted by Gasteiger charge is -2.40. The molecule has 2 aliphatic rings. The Kier molecular flexibility index (Phi) is 4.61. The number of nitrogens with zero attached hydrogens (tertiary/aromatic N) is 3. The molecule has 2 amide bonds. The summed E-state index contributed by atoms with van der Waals surface area (Å²) < 4.78 is 0. The van der Waals surface area contributed by atoms with E-state index >= 15 is 0 Å². The summed E-state index contributed by atoms with van der Waals surface area (Å²) in [6, 6.07) is 5.46. The number of aromatic nitrogens is 3. The summed E-state index contributed by atoms with van der Waals surface area (Å²) in [4.78, 5) is 38.2. The van der Waals surface area contributed by atoms with Crippen molar-refractivity contribution < 1.29 is 9.59 Å². The minimum Gasteiger partial charge on any atom is -0.345 e. The van der Waals surface area contributed by atoms with Gasteiger partial charge >= 0.3 is 0 Å². The van der Waals surface area contributed by atoms with Crippen LogP contribution in [0.15, 0.2) is 30.6 Å². The predicted molar refractivity (Wildman–Crippen MR) is 104 cm³/mol. The number of carbonyl (C=O) groups is 2. The zero-order valence-electron chi connectivity index (χ0n) is 16.3. The van der Waals surface area contributed by atoms with Crippen LogP contribution in [-0.4, -0.2) is 37.8 Å². The monoisotopic (exact) mass is 379 g/mol. The molecule has 0 spiro atoms. The van der Waals surface area contributed by atoms with E-state index in [0.29, 0.717) is 17.1 Å². The molecule has 2 atom stereocenters. The maximum absolute atomic E-state index is 12.8. The Bertz CT molecular complexity index is 857. The van der Waals surface area contributed by atoms with E-state index in [1.807, 2.05) is 26.0 Å². The molecule has 2 bridgehead atoms. The third-order valence-electron chi connectivity index (χ3n) is 5.94. The molecule has 2 saturated carbocycles. The lowest BCUT2D eigenvalue weighted by molar-refractivity contribution is 0.0826. The maximum atomic E-state index is 12.8. The normalized spacial score (nSPS) is 25.9. The van der Waals surface area contributed by atoms with E-state index in [-0.39, 0.29) is 22.9 Å². The van der Waals surface area contributed by atoms with Gasteiger partial charge in [0.2, 0.25) is 0 Å². The van der Waals surface area contributed by atoms with Crippen LogP contribution < -0.4 is 10.6 Å². The van der Waals surface area contributed by atoms with Crippen molar-refractivity contribution in [3.8, 4) is 0 Å². The second kappa shape index (κ2) is 6.96. The second-order valence-electron chi connectivity index (χ2n) is 8.21. The Labute approximate surface area is 164 Å². The van der Waals surface area contributed by atoms with E-state index in [4.69, 9.17) is 0 Å². The Balaban J connectivity index is 1.48. The van der Waals surface area contributed by atoms with E-state index < -0.39 is 0 Å². The van der Waals surface area contributed by atoms with Gasteiger partial charge in [0, 0.05) is 23.0 Å². The van der Waals surface area contributed by atoms with Crippen LogP contribution >= 0.6 is 0 Å². The smallest absolute Gasteiger partial charge is 0.271 e. The molecule has 2 unspecified atom stereocenters. The van der Waals surface area contributed by atoms with Crippen LogP contribution in [0, 0.1) is 13.8 Å². The average molecular weight is 379 g/mol. The van der Waals surface area contributed by atoms with Gasteiger partial charge < -0.3 is 10.6 Å². The van der Waals surface area contributed by atoms with E-state index in [2.05, 4.69) is 25.6 Å². The molecule has 4 rings (SSSR count). The Morgan fingerprint density at radius 1 is 0.857 bits per heavy atom. The highest BCUT2D eigenvalue weighted by Gasteiger charge is 2.52. The molecule has 2 aromatic heterocycles. The van der Waals surface area contributed by atoms with Gasteiger partial charge in [-0.2, -0.15) is 0 Å². The molecular formula is C21H25N5O2. The molecule has 2 fully saturated rings. The molecule has 28 heavy (non-hydrogen) atoms. The van der Waals surface area contributed by atoms with Gasteiger partial charge in [-0.1, -0.05) is 6.07 Å². The van der Waals surface area contributed by atoms with Crippen LogP contribution in [0.2, 0.25) is 0 Å². The summed E-state index contributed by atoms with van der Waals surface area (Å²) in [6.07, 6.45) is 8.36. The number of hydrogen-bond acceptors (Lipinski definition) is 5. The molecule has 0 aromatic carbocycles. The molecule has 0 radical (unpaired) electrons. The van der Waals surface area contributed by atoms with Crippen molar-refractivity contribution in [2.45, 2.75) is 63.5 Å². The summed E-state index contributed by atoms with van der Waals surface area (Å²) in [5.74, 6) is -0.335. The Morgan fingerprint density at radius 3 is 2.14 bits per heavy atom. The van der Waals surface area contributed by atoms with Crippen molar-refractivity contribution in [1.82, 2.24) is 25.6 Å². The van der Waals surface area contributed by atoms with Gasteiger partial charge in [-0.15, -0.1) is 0 Å². The summed E-state index contributed by atoms with van der Waals surface area (Å²) in [7, 11) is 0. The molecule has 2 aliphatic carbocycles. The van der Waals surface area contributed by atoms with Crippen LogP contribution in [0.4, 0.5) is 0 Å². The highest BCUT2D eigenvalue weighted by molar-refractivity contribution is 5.93. The zero-order chi connectivity index (χ0) is 19.8. The van der Waals surface area contributed by atoms with E-state index in [0.717, 1.165) is 44.2 Å². The number of carbonyl (C=O) groups excluding carboxylic acids is 2. The van der Waals surface area contributed by atoms with E-state index in [1.54, 1.807) is 12.3 Å². The van der Waals surface area contributed by atoms with Crippen LogP contribution in [0.3, 0.4) is 0 Å². The van der Waals surface area contributed by atoms with Gasteiger partial charge in [0.1, 0.15) is 11.4 Å². The summed E-state index contributed by atoms with van der Waals surface area (Å²) in [5.41, 5.74) is 1.73. The molecule has 2 aromatic rings. The summed E-state index contributed by atoms with van der Waals surface area (Å²) in [6.45, 7) is 3.69. The standard InChI is InChI=1S/C21H25N5O2/c1-14-5-3-6-16(23-14)18(27)25-20-7-4-8-21(13-20,10-9-20)26-19(28)17-12-22-11-15(2)24-17/h3,5-6,11-12H,4,7-10,13H2,1-2H3,(H,25,27)(H,26,28). The van der Waals surface area contributed by atoms with E-state index in [1.165, 1.54) is 6.20 Å². The first-order valence-corrected chi connectivity index (χ1v) is 9.76. The lowest BCUT2D eigenvalue weighted by atomic mass is 9.78. The predicted octanol–water partition coefficient (Wildman–Crippen LogP) is 2.49. The molecule has 0 aliphatic heterocycles. The summed E-state index contributed by atoms with van der Waals surface area (Å²) >= 11 is 0. The number of fused-ring (bicyclic) bond motifs is 2. The Hall–Kier alpha value is -2.83. The number of hydrogen-bond donors (Lipinski definition) is 2. The van der Waals surface area contributed by atoms with Gasteiger partial charge in [-0.05, 0) is 64.5 Å². The quantitative estimate of drug-likeness (QED) is 0.851. The third kappa shape index (κ3) is 3.61. The molecular weight excluding hydrogens is 354 g/mol. The molecule has 2 N–H and O–H groups in total. The minimum absolute atomic E-state index is 0.141. The first kappa shape index (κ1) is 18.5. The van der Waals surface area contributed by atoms with Crippen molar-refractivity contribution >= 4 is 11.8 Å². The fourth-order valence-corrected chi connectivity index (χ4v) is 4.69. The van der Waals surface area contributed by atoms with E-state index in [9.17, 15) is 9.59 Å². The van der Waals surface area contributed by atoms with Crippen LogP contribution in [0.25, 0.3) is 0 Å². The second-order valence-corrected chi connectivity index (χ2v) is 8.21. The molecule has 7 nitrogen and oxygen atoms in total. The number of amides is 2. The van der Waals surface area contributed by atoms with Gasteiger partial charge in [0.25, 0.3) is 11.8 Å². The molecule has 146 valence electrons. The maximum Gasteiger partial charge on any atom is 0.271 e. The number of rotatable bonds is 4. The van der Waals surface area contributed by atoms with Crippen LogP contribution in [0.5, 0.6) is 0 Å². The summed E-state index contributed by atoms with van der Waals surface area (Å²) in [5, 5.41) is 6.44. The SMILES string of the molecule is Cc1cccc(C(=O)NC23CCCC(NC(=O)c4cncc(C)n4)(CC2)C3)n1. The van der Waals surface area contributed by atoms with Gasteiger partial charge in [0.05, 0.1) is 11.9 Å². The number of nitrogens with one attached hydrogen (secondary N) is 2. The van der Waals surface area contributed by atoms with Gasteiger partial charge in [-0.3, -0.25) is 14.6 Å². The average Bonchev–Trinajstić information content (AvgIpc) is 2.91. The molecule has 7 heteroatoms. The van der Waals surface area contributed by atoms with Crippen LogP contribution in [-0.2, 0) is 0 Å². The first-order chi connectivity index (χ1) is 13.4. The number of aryl methyl sites for hydroxylation is 2. The van der Waals surface area contributed by atoms with Crippen molar-refractivity contribution in [3.05, 3.63) is 53.4 Å². The van der Waals surface area contributed by atoms with Crippen LogP contribution in [0.1, 0.15) is 70.9 Å². The third-order valence-corrected chi connectivity index (χ3v) is 5.94. The van der Waals surface area contributed by atoms with Gasteiger partial charge in [0.15, 0.2) is 0 Å². The minimum atomic E-state index is -0.298. The lowest BCUT2D eigenvalue weighted by Crippen LogP contribution is -2.55. The highest BCUT2D eigenvalue weighted by Crippen LogP contribution is 2.48. The zero-order valence-corrected chi connectivity index (χ0v) is 16.3. The first-order valence-electron chi connectivity index (χ1n) is 9.76. The van der Waals surface area contributed by atoms with Gasteiger partial charge in [-0.25, -0.2) is 9.97 Å². The topological polar surface area (TPSA) is 96.9 Å². The van der Waals surface area contributed by atoms with Crippen molar-refractivity contribution in [3.63, 3.8) is 0 Å². The highest BCUT2D eigenvalue weighted by atomic mass is 16.2. The largest absolute Gasteiger partial charge is 0.345 e. The van der Waals surface area contributed by atoms with Crippen molar-refractivity contribution in [2.75, 3.05) is 0 Å². The van der Waals surface area contributed by atoms with Crippen molar-refractivity contribution in [2.24, 2.45) is 0 Å². The number of pyridine rings is 1. The molecule has 0 saturated heterocycles. The van der Waals surface area contributed by atoms with Crippen molar-refractivity contribution in [1.29, 1.82) is 0 Å². The molecule has 2 heterocycles. The fourth-order valence-electron chi connectivity index (χ4n) is 4.69.